The van der Waals surface area contributed by atoms with E-state index in [2.05, 4.69) is 52.4 Å². The van der Waals surface area contributed by atoms with E-state index in [9.17, 15) is 0 Å². The smallest absolute Gasteiger partial charge is 0.175 e. The SMILES string of the molecule is CCCCCNCc1cc(Br)c(OCc2ccccc2)c(OCC)c1. The standard InChI is InChI=1S/C21H28BrNO2/c1-3-5-9-12-23-15-18-13-19(22)21(20(14-18)24-4-2)25-16-17-10-7-6-8-11-17/h6-8,10-11,13-14,23H,3-5,9,12,15-16H2,1-2H3. The first-order valence-electron chi connectivity index (χ1n) is 9.07. The van der Waals surface area contributed by atoms with Crippen molar-refractivity contribution in [2.75, 3.05) is 13.2 Å². The van der Waals surface area contributed by atoms with E-state index in [1.807, 2.05) is 25.1 Å². The molecule has 136 valence electrons. The summed E-state index contributed by atoms with van der Waals surface area (Å²) in [5.41, 5.74) is 2.33. The predicted molar refractivity (Wildman–Crippen MR) is 107 cm³/mol. The average Bonchev–Trinajstić information content (AvgIpc) is 2.62. The average molecular weight is 406 g/mol. The van der Waals surface area contributed by atoms with Gasteiger partial charge in [-0.2, -0.15) is 0 Å². The van der Waals surface area contributed by atoms with Gasteiger partial charge < -0.3 is 14.8 Å². The van der Waals surface area contributed by atoms with Crippen molar-refractivity contribution in [3.63, 3.8) is 0 Å². The van der Waals surface area contributed by atoms with Gasteiger partial charge in [0.1, 0.15) is 6.61 Å². The van der Waals surface area contributed by atoms with Crippen molar-refractivity contribution in [1.29, 1.82) is 0 Å². The number of hydrogen-bond donors (Lipinski definition) is 1. The number of nitrogens with one attached hydrogen (secondary N) is 1. The lowest BCUT2D eigenvalue weighted by Gasteiger charge is -2.16. The van der Waals surface area contributed by atoms with Gasteiger partial charge in [0, 0.05) is 6.54 Å². The molecule has 0 aliphatic carbocycles. The Hall–Kier alpha value is -1.52. The highest BCUT2D eigenvalue weighted by Gasteiger charge is 2.12. The van der Waals surface area contributed by atoms with Gasteiger partial charge >= 0.3 is 0 Å². The zero-order chi connectivity index (χ0) is 17.9. The molecule has 1 N–H and O–H groups in total. The molecule has 0 saturated heterocycles. The summed E-state index contributed by atoms with van der Waals surface area (Å²) in [5.74, 6) is 1.55. The molecule has 2 aromatic rings. The lowest BCUT2D eigenvalue weighted by Crippen LogP contribution is -2.14. The van der Waals surface area contributed by atoms with Crippen molar-refractivity contribution in [2.24, 2.45) is 0 Å². The molecule has 4 heteroatoms. The first kappa shape index (κ1) is 19.8. The molecular weight excluding hydrogens is 378 g/mol. The Bertz CT molecular complexity index is 631. The Labute approximate surface area is 159 Å². The van der Waals surface area contributed by atoms with Crippen LogP contribution in [0.5, 0.6) is 11.5 Å². The van der Waals surface area contributed by atoms with Gasteiger partial charge in [-0.1, -0.05) is 50.1 Å². The second kappa shape index (κ2) is 11.2. The van der Waals surface area contributed by atoms with E-state index in [0.29, 0.717) is 13.2 Å². The molecule has 0 heterocycles. The van der Waals surface area contributed by atoms with Crippen molar-refractivity contribution in [3.8, 4) is 11.5 Å². The normalized spacial score (nSPS) is 10.7. The molecule has 2 rings (SSSR count). The fourth-order valence-electron chi connectivity index (χ4n) is 2.59. The number of rotatable bonds is 11. The van der Waals surface area contributed by atoms with E-state index < -0.39 is 0 Å². The minimum atomic E-state index is 0.522. The topological polar surface area (TPSA) is 30.5 Å². The minimum absolute atomic E-state index is 0.522. The van der Waals surface area contributed by atoms with Gasteiger partial charge in [-0.15, -0.1) is 0 Å². The first-order valence-corrected chi connectivity index (χ1v) is 9.86. The summed E-state index contributed by atoms with van der Waals surface area (Å²) < 4.78 is 12.8. The predicted octanol–water partition coefficient (Wildman–Crippen LogP) is 5.71. The number of halogens is 1. The molecule has 25 heavy (non-hydrogen) atoms. The lowest BCUT2D eigenvalue weighted by molar-refractivity contribution is 0.267. The highest BCUT2D eigenvalue weighted by atomic mass is 79.9. The fourth-order valence-corrected chi connectivity index (χ4v) is 3.19. The Morgan fingerprint density at radius 2 is 1.76 bits per heavy atom. The second-order valence-corrected chi connectivity index (χ2v) is 6.85. The van der Waals surface area contributed by atoms with Crippen molar-refractivity contribution in [3.05, 3.63) is 58.1 Å². The molecule has 0 aromatic heterocycles. The van der Waals surface area contributed by atoms with Crippen molar-refractivity contribution >= 4 is 15.9 Å². The van der Waals surface area contributed by atoms with Crippen LogP contribution < -0.4 is 14.8 Å². The summed E-state index contributed by atoms with van der Waals surface area (Å²) in [7, 11) is 0. The van der Waals surface area contributed by atoms with Crippen LogP contribution in [0.4, 0.5) is 0 Å². The van der Waals surface area contributed by atoms with Crippen LogP contribution in [-0.4, -0.2) is 13.2 Å². The van der Waals surface area contributed by atoms with E-state index >= 15 is 0 Å². The maximum Gasteiger partial charge on any atom is 0.175 e. The number of hydrogen-bond acceptors (Lipinski definition) is 3. The van der Waals surface area contributed by atoms with E-state index in [4.69, 9.17) is 9.47 Å². The van der Waals surface area contributed by atoms with Gasteiger partial charge in [0.2, 0.25) is 0 Å². The third-order valence-corrected chi connectivity index (χ3v) is 4.47. The molecule has 0 saturated carbocycles. The van der Waals surface area contributed by atoms with Crippen molar-refractivity contribution in [1.82, 2.24) is 5.32 Å². The van der Waals surface area contributed by atoms with E-state index in [-0.39, 0.29) is 0 Å². The third kappa shape index (κ3) is 6.71. The summed E-state index contributed by atoms with van der Waals surface area (Å²) in [6, 6.07) is 14.3. The van der Waals surface area contributed by atoms with Crippen LogP contribution >= 0.6 is 15.9 Å². The van der Waals surface area contributed by atoms with Gasteiger partial charge in [0.15, 0.2) is 11.5 Å². The summed E-state index contributed by atoms with van der Waals surface area (Å²) in [5, 5.41) is 3.49. The van der Waals surface area contributed by atoms with Crippen LogP contribution in [0.25, 0.3) is 0 Å². The number of benzene rings is 2. The molecule has 0 aliphatic rings. The molecule has 3 nitrogen and oxygen atoms in total. The van der Waals surface area contributed by atoms with Crippen molar-refractivity contribution in [2.45, 2.75) is 46.3 Å². The molecule has 0 atom stereocenters. The van der Waals surface area contributed by atoms with Gasteiger partial charge in [0.25, 0.3) is 0 Å². The molecule has 0 radical (unpaired) electrons. The molecule has 0 aliphatic heterocycles. The molecule has 0 unspecified atom stereocenters. The second-order valence-electron chi connectivity index (χ2n) is 6.00. The molecular formula is C21H28BrNO2. The summed E-state index contributed by atoms with van der Waals surface area (Å²) >= 11 is 3.64. The van der Waals surface area contributed by atoms with Crippen LogP contribution in [0.15, 0.2) is 46.9 Å². The molecule has 2 aromatic carbocycles. The van der Waals surface area contributed by atoms with Gasteiger partial charge in [0.05, 0.1) is 11.1 Å². The maximum absolute atomic E-state index is 6.03. The summed E-state index contributed by atoms with van der Waals surface area (Å²) in [6.45, 7) is 7.23. The van der Waals surface area contributed by atoms with Gasteiger partial charge in [-0.25, -0.2) is 0 Å². The Morgan fingerprint density at radius 1 is 0.960 bits per heavy atom. The van der Waals surface area contributed by atoms with Crippen LogP contribution in [-0.2, 0) is 13.2 Å². The zero-order valence-electron chi connectivity index (χ0n) is 15.2. The Morgan fingerprint density at radius 3 is 2.48 bits per heavy atom. The van der Waals surface area contributed by atoms with Crippen LogP contribution in [0.3, 0.4) is 0 Å². The summed E-state index contributed by atoms with van der Waals surface area (Å²) in [4.78, 5) is 0. The maximum atomic E-state index is 6.03. The largest absolute Gasteiger partial charge is 0.490 e. The van der Waals surface area contributed by atoms with E-state index in [1.54, 1.807) is 0 Å². The van der Waals surface area contributed by atoms with Gasteiger partial charge in [-0.05, 0) is 59.1 Å². The first-order chi connectivity index (χ1) is 12.2. The Kier molecular flexibility index (Phi) is 8.84. The van der Waals surface area contributed by atoms with Gasteiger partial charge in [-0.3, -0.25) is 0 Å². The summed E-state index contributed by atoms with van der Waals surface area (Å²) in [6.07, 6.45) is 3.73. The minimum Gasteiger partial charge on any atom is -0.490 e. The monoisotopic (exact) mass is 405 g/mol. The van der Waals surface area contributed by atoms with Crippen LogP contribution in [0.1, 0.15) is 44.2 Å². The van der Waals surface area contributed by atoms with E-state index in [1.165, 1.54) is 24.8 Å². The quantitative estimate of drug-likeness (QED) is 0.485. The molecule has 0 spiro atoms. The highest BCUT2D eigenvalue weighted by Crippen LogP contribution is 2.37. The van der Waals surface area contributed by atoms with Crippen LogP contribution in [0, 0.1) is 0 Å². The fraction of sp³-hybridized carbons (Fsp3) is 0.429. The van der Waals surface area contributed by atoms with Crippen molar-refractivity contribution < 1.29 is 9.47 Å². The number of ether oxygens (including phenoxy) is 2. The van der Waals surface area contributed by atoms with E-state index in [0.717, 1.165) is 34.6 Å². The third-order valence-electron chi connectivity index (χ3n) is 3.88. The molecule has 0 bridgehead atoms. The molecule has 0 amide bonds. The Balaban J connectivity index is 2.03. The van der Waals surface area contributed by atoms with Crippen LogP contribution in [0.2, 0.25) is 0 Å². The lowest BCUT2D eigenvalue weighted by atomic mass is 10.2. The highest BCUT2D eigenvalue weighted by molar-refractivity contribution is 9.10. The number of unbranched alkanes of at least 4 members (excludes halogenated alkanes) is 2. The zero-order valence-corrected chi connectivity index (χ0v) is 16.8. The molecule has 0 fully saturated rings.